The van der Waals surface area contributed by atoms with Gasteiger partial charge >= 0.3 is 5.97 Å². The van der Waals surface area contributed by atoms with E-state index in [0.717, 1.165) is 17.5 Å². The normalized spacial score (nSPS) is 15.6. The van der Waals surface area contributed by atoms with Crippen molar-refractivity contribution in [3.05, 3.63) is 83.9 Å². The van der Waals surface area contributed by atoms with Crippen LogP contribution < -0.4 is 14.2 Å². The number of hydrogen-bond donors (Lipinski definition) is 2. The molecule has 0 aliphatic heterocycles. The van der Waals surface area contributed by atoms with Crippen molar-refractivity contribution in [2.24, 2.45) is 0 Å². The standard InChI is InChI=1S/C24H23NO6S/c26-24(27)16-30-23-11-5-8-20-21(23)9-4-10-22(20)25-32(28,29)19-14-12-18(13-15-19)31-17-6-2-1-3-7-17/h1-3,5-8,11-15,22,25H,4,9-10,16H2,(H,26,27)/t22-/m1/s1. The summed E-state index contributed by atoms with van der Waals surface area (Å²) < 4.78 is 40.0. The van der Waals surface area contributed by atoms with E-state index in [9.17, 15) is 13.2 Å². The fraction of sp³-hybridized carbons (Fsp3) is 0.208. The van der Waals surface area contributed by atoms with Gasteiger partial charge in [0.1, 0.15) is 17.2 Å². The van der Waals surface area contributed by atoms with E-state index in [4.69, 9.17) is 14.6 Å². The minimum atomic E-state index is -3.77. The minimum Gasteiger partial charge on any atom is -0.482 e. The molecule has 2 N–H and O–H groups in total. The maximum Gasteiger partial charge on any atom is 0.341 e. The lowest BCUT2D eigenvalue weighted by molar-refractivity contribution is -0.139. The minimum absolute atomic E-state index is 0.142. The third-order valence-electron chi connectivity index (χ3n) is 5.23. The molecule has 0 heterocycles. The number of sulfonamides is 1. The zero-order chi connectivity index (χ0) is 22.6. The topological polar surface area (TPSA) is 102 Å². The number of rotatable bonds is 8. The highest BCUT2D eigenvalue weighted by atomic mass is 32.2. The van der Waals surface area contributed by atoms with Crippen LogP contribution in [0.5, 0.6) is 17.2 Å². The molecule has 0 radical (unpaired) electrons. The molecule has 0 bridgehead atoms. The van der Waals surface area contributed by atoms with Gasteiger partial charge in [0.05, 0.1) is 4.90 Å². The second-order valence-corrected chi connectivity index (χ2v) is 9.17. The van der Waals surface area contributed by atoms with Crippen molar-refractivity contribution in [3.8, 4) is 17.2 Å². The van der Waals surface area contributed by atoms with Crippen LogP contribution in [0.2, 0.25) is 0 Å². The molecular formula is C24H23NO6S. The van der Waals surface area contributed by atoms with Gasteiger partial charge < -0.3 is 14.6 Å². The van der Waals surface area contributed by atoms with Crippen LogP contribution in [0, 0.1) is 0 Å². The smallest absolute Gasteiger partial charge is 0.341 e. The number of nitrogens with one attached hydrogen (secondary N) is 1. The quantitative estimate of drug-likeness (QED) is 0.527. The van der Waals surface area contributed by atoms with Crippen LogP contribution in [0.1, 0.15) is 30.0 Å². The van der Waals surface area contributed by atoms with Crippen LogP contribution in [0.15, 0.2) is 77.7 Å². The van der Waals surface area contributed by atoms with E-state index >= 15 is 0 Å². The van der Waals surface area contributed by atoms with Crippen LogP contribution >= 0.6 is 0 Å². The lowest BCUT2D eigenvalue weighted by atomic mass is 9.87. The molecule has 0 saturated heterocycles. The molecule has 1 atom stereocenters. The van der Waals surface area contributed by atoms with E-state index in [0.29, 0.717) is 30.1 Å². The van der Waals surface area contributed by atoms with Gasteiger partial charge in [0, 0.05) is 6.04 Å². The van der Waals surface area contributed by atoms with Crippen molar-refractivity contribution in [3.63, 3.8) is 0 Å². The van der Waals surface area contributed by atoms with Gasteiger partial charge in [-0.3, -0.25) is 0 Å². The Morgan fingerprint density at radius 3 is 2.41 bits per heavy atom. The van der Waals surface area contributed by atoms with E-state index in [1.54, 1.807) is 24.3 Å². The highest BCUT2D eigenvalue weighted by Crippen LogP contribution is 2.36. The van der Waals surface area contributed by atoms with Crippen molar-refractivity contribution < 1.29 is 27.8 Å². The first-order chi connectivity index (χ1) is 15.4. The molecule has 0 aromatic heterocycles. The summed E-state index contributed by atoms with van der Waals surface area (Å²) in [6.45, 7) is -0.440. The third-order valence-corrected chi connectivity index (χ3v) is 6.71. The summed E-state index contributed by atoms with van der Waals surface area (Å²) in [5.41, 5.74) is 1.66. The number of hydrogen-bond acceptors (Lipinski definition) is 5. The van der Waals surface area contributed by atoms with Crippen molar-refractivity contribution in [2.75, 3.05) is 6.61 Å². The summed E-state index contributed by atoms with van der Waals surface area (Å²) in [4.78, 5) is 11.0. The van der Waals surface area contributed by atoms with Gasteiger partial charge in [0.15, 0.2) is 6.61 Å². The molecular weight excluding hydrogens is 430 g/mol. The fourth-order valence-electron chi connectivity index (χ4n) is 3.78. The summed E-state index contributed by atoms with van der Waals surface area (Å²) in [6.07, 6.45) is 2.11. The highest BCUT2D eigenvalue weighted by molar-refractivity contribution is 7.89. The van der Waals surface area contributed by atoms with Gasteiger partial charge in [-0.25, -0.2) is 17.9 Å². The number of fused-ring (bicyclic) bond motifs is 1. The van der Waals surface area contributed by atoms with Crippen molar-refractivity contribution in [2.45, 2.75) is 30.2 Å². The predicted molar refractivity (Wildman–Crippen MR) is 119 cm³/mol. The van der Waals surface area contributed by atoms with E-state index in [2.05, 4.69) is 4.72 Å². The van der Waals surface area contributed by atoms with E-state index in [-0.39, 0.29) is 4.90 Å². The molecule has 0 spiro atoms. The molecule has 8 heteroatoms. The number of carboxylic acids is 1. The summed E-state index contributed by atoms with van der Waals surface area (Å²) in [5, 5.41) is 8.89. The Bertz CT molecular complexity index is 1190. The van der Waals surface area contributed by atoms with Gasteiger partial charge in [0.2, 0.25) is 10.0 Å². The first-order valence-electron chi connectivity index (χ1n) is 10.2. The monoisotopic (exact) mass is 453 g/mol. The Morgan fingerprint density at radius 1 is 0.969 bits per heavy atom. The van der Waals surface area contributed by atoms with E-state index in [1.807, 2.05) is 36.4 Å². The number of carboxylic acid groups (broad SMARTS) is 1. The molecule has 1 aliphatic carbocycles. The van der Waals surface area contributed by atoms with Gasteiger partial charge in [-0.1, -0.05) is 30.3 Å². The zero-order valence-electron chi connectivity index (χ0n) is 17.2. The Morgan fingerprint density at radius 2 is 1.69 bits per heavy atom. The Hall–Kier alpha value is -3.36. The molecule has 32 heavy (non-hydrogen) atoms. The van der Waals surface area contributed by atoms with Crippen molar-refractivity contribution in [1.82, 2.24) is 4.72 Å². The molecule has 7 nitrogen and oxygen atoms in total. The van der Waals surface area contributed by atoms with Gasteiger partial charge in [-0.15, -0.1) is 0 Å². The maximum atomic E-state index is 13.0. The summed E-state index contributed by atoms with van der Waals surface area (Å²) >= 11 is 0. The largest absolute Gasteiger partial charge is 0.482 e. The summed E-state index contributed by atoms with van der Waals surface area (Å²) in [5.74, 6) is 0.630. The third kappa shape index (κ3) is 5.09. The van der Waals surface area contributed by atoms with E-state index < -0.39 is 28.6 Å². The molecule has 3 aromatic carbocycles. The molecule has 166 valence electrons. The van der Waals surface area contributed by atoms with Gasteiger partial charge in [-0.2, -0.15) is 0 Å². The molecule has 4 rings (SSSR count). The van der Waals surface area contributed by atoms with Crippen LogP contribution in [0.4, 0.5) is 0 Å². The first kappa shape index (κ1) is 21.9. The SMILES string of the molecule is O=C(O)COc1cccc2c1CCC[C@H]2NS(=O)(=O)c1ccc(Oc2ccccc2)cc1. The van der Waals surface area contributed by atoms with Gasteiger partial charge in [-0.05, 0) is 72.9 Å². The predicted octanol–water partition coefficient (Wildman–Crippen LogP) is 4.30. The molecule has 0 fully saturated rings. The average molecular weight is 454 g/mol. The van der Waals surface area contributed by atoms with Crippen LogP contribution in [-0.2, 0) is 21.2 Å². The number of ether oxygens (including phenoxy) is 2. The zero-order valence-corrected chi connectivity index (χ0v) is 18.0. The Balaban J connectivity index is 1.51. The van der Waals surface area contributed by atoms with Crippen LogP contribution in [0.25, 0.3) is 0 Å². The average Bonchev–Trinajstić information content (AvgIpc) is 2.79. The fourth-order valence-corrected chi connectivity index (χ4v) is 5.03. The molecule has 0 amide bonds. The number of carbonyl (C=O) groups is 1. The number of para-hydroxylation sites is 1. The van der Waals surface area contributed by atoms with Crippen LogP contribution in [-0.4, -0.2) is 26.1 Å². The molecule has 0 saturated carbocycles. The number of benzene rings is 3. The lowest BCUT2D eigenvalue weighted by Gasteiger charge is -2.27. The van der Waals surface area contributed by atoms with E-state index in [1.165, 1.54) is 12.1 Å². The van der Waals surface area contributed by atoms with Crippen molar-refractivity contribution in [1.29, 1.82) is 0 Å². The summed E-state index contributed by atoms with van der Waals surface area (Å²) in [6, 6.07) is 20.4. The molecule has 0 unspecified atom stereocenters. The molecule has 1 aliphatic rings. The number of aliphatic carboxylic acids is 1. The second kappa shape index (κ2) is 9.42. The highest BCUT2D eigenvalue weighted by Gasteiger charge is 2.27. The Labute approximate surface area is 186 Å². The van der Waals surface area contributed by atoms with Gasteiger partial charge in [0.25, 0.3) is 0 Å². The Kier molecular flexibility index (Phi) is 6.43. The molecule has 3 aromatic rings. The maximum absolute atomic E-state index is 13.0. The lowest BCUT2D eigenvalue weighted by Crippen LogP contribution is -2.31. The first-order valence-corrected chi connectivity index (χ1v) is 11.7. The van der Waals surface area contributed by atoms with Crippen molar-refractivity contribution >= 4 is 16.0 Å². The second-order valence-electron chi connectivity index (χ2n) is 7.46. The summed E-state index contributed by atoms with van der Waals surface area (Å²) in [7, 11) is -3.77. The van der Waals surface area contributed by atoms with Crippen LogP contribution in [0.3, 0.4) is 0 Å².